The van der Waals surface area contributed by atoms with Crippen LogP contribution in [0.1, 0.15) is 36.2 Å². The van der Waals surface area contributed by atoms with Crippen molar-refractivity contribution in [2.75, 3.05) is 18.8 Å². The monoisotopic (exact) mass is 373 g/mol. The number of hydrogen-bond acceptors (Lipinski definition) is 4. The molecule has 0 aliphatic rings. The highest BCUT2D eigenvalue weighted by Gasteiger charge is 2.16. The lowest BCUT2D eigenvalue weighted by atomic mass is 10.0. The van der Waals surface area contributed by atoms with Crippen molar-refractivity contribution < 1.29 is 4.79 Å². The summed E-state index contributed by atoms with van der Waals surface area (Å²) in [6.07, 6.45) is 0.571. The molecule has 0 fully saturated rings. The largest absolute Gasteiger partial charge is 0.343 e. The Labute approximate surface area is 159 Å². The van der Waals surface area contributed by atoms with Gasteiger partial charge in [0.2, 0.25) is 5.91 Å². The first-order valence-electron chi connectivity index (χ1n) is 8.90. The first-order valence-corrected chi connectivity index (χ1v) is 9.89. The second kappa shape index (κ2) is 9.03. The molecule has 0 aliphatic heterocycles. The van der Waals surface area contributed by atoms with Crippen molar-refractivity contribution in [1.82, 2.24) is 14.5 Å². The Hall–Kier alpha value is -2.08. The molecule has 2 rings (SSSR count). The average Bonchev–Trinajstić information content (AvgIpc) is 2.63. The van der Waals surface area contributed by atoms with Crippen LogP contribution in [0, 0.1) is 13.8 Å². The fourth-order valence-corrected chi connectivity index (χ4v) is 3.77. The molecule has 140 valence electrons. The van der Waals surface area contributed by atoms with Crippen molar-refractivity contribution in [1.29, 1.82) is 0 Å². The standard InChI is InChI=1S/C20H27N3O2S/c1-6-23(7-2)18(24)13-26-20-21-15(4)17(19(25)22(20)5)12-16-11-9-8-10-14(16)3/h8-11H,6-7,12-13H2,1-5H3. The van der Waals surface area contributed by atoms with Crippen LogP contribution in [-0.2, 0) is 18.3 Å². The van der Waals surface area contributed by atoms with Crippen molar-refractivity contribution in [3.63, 3.8) is 0 Å². The molecule has 0 spiro atoms. The molecule has 0 saturated carbocycles. The van der Waals surface area contributed by atoms with Gasteiger partial charge in [-0.25, -0.2) is 4.98 Å². The minimum absolute atomic E-state index is 0.0430. The average molecular weight is 374 g/mol. The number of hydrogen-bond donors (Lipinski definition) is 0. The summed E-state index contributed by atoms with van der Waals surface area (Å²) in [4.78, 5) is 31.4. The molecule has 1 aromatic heterocycles. The van der Waals surface area contributed by atoms with Crippen molar-refractivity contribution >= 4 is 17.7 Å². The van der Waals surface area contributed by atoms with E-state index in [1.807, 2.05) is 52.0 Å². The summed E-state index contributed by atoms with van der Waals surface area (Å²) >= 11 is 1.32. The summed E-state index contributed by atoms with van der Waals surface area (Å²) in [7, 11) is 1.72. The van der Waals surface area contributed by atoms with Crippen LogP contribution < -0.4 is 5.56 Å². The minimum Gasteiger partial charge on any atom is -0.343 e. The van der Waals surface area contributed by atoms with Gasteiger partial charge in [-0.1, -0.05) is 36.0 Å². The van der Waals surface area contributed by atoms with Gasteiger partial charge in [0.25, 0.3) is 5.56 Å². The van der Waals surface area contributed by atoms with Crippen LogP contribution in [0.3, 0.4) is 0 Å². The predicted molar refractivity (Wildman–Crippen MR) is 107 cm³/mol. The number of aryl methyl sites for hydroxylation is 2. The second-order valence-corrected chi connectivity index (χ2v) is 7.22. The Morgan fingerprint density at radius 1 is 1.19 bits per heavy atom. The van der Waals surface area contributed by atoms with E-state index in [4.69, 9.17) is 0 Å². The molecule has 2 aromatic rings. The van der Waals surface area contributed by atoms with Crippen LogP contribution >= 0.6 is 11.8 Å². The number of rotatable bonds is 7. The summed E-state index contributed by atoms with van der Waals surface area (Å²) in [5.41, 5.74) is 3.69. The number of carbonyl (C=O) groups excluding carboxylic acids is 1. The minimum atomic E-state index is -0.0430. The number of nitrogens with zero attached hydrogens (tertiary/aromatic N) is 3. The summed E-state index contributed by atoms with van der Waals surface area (Å²) in [6.45, 7) is 9.22. The van der Waals surface area contributed by atoms with Gasteiger partial charge in [0.1, 0.15) is 0 Å². The Kier molecular flexibility index (Phi) is 7.03. The number of thioether (sulfide) groups is 1. The summed E-state index contributed by atoms with van der Waals surface area (Å²) < 4.78 is 1.56. The molecule has 0 atom stereocenters. The zero-order valence-corrected chi connectivity index (χ0v) is 17.0. The van der Waals surface area contributed by atoms with Crippen molar-refractivity contribution in [2.24, 2.45) is 7.05 Å². The Bertz CT molecular complexity index is 841. The lowest BCUT2D eigenvalue weighted by Crippen LogP contribution is -2.32. The highest BCUT2D eigenvalue weighted by Crippen LogP contribution is 2.18. The molecule has 1 heterocycles. The van der Waals surface area contributed by atoms with Crippen LogP contribution in [0.15, 0.2) is 34.2 Å². The molecule has 0 unspecified atom stereocenters. The Balaban J connectivity index is 2.24. The molecule has 26 heavy (non-hydrogen) atoms. The zero-order chi connectivity index (χ0) is 19.3. The van der Waals surface area contributed by atoms with Crippen LogP contribution in [0.5, 0.6) is 0 Å². The zero-order valence-electron chi connectivity index (χ0n) is 16.2. The van der Waals surface area contributed by atoms with Crippen molar-refractivity contribution in [2.45, 2.75) is 39.3 Å². The predicted octanol–water partition coefficient (Wildman–Crippen LogP) is 2.95. The van der Waals surface area contributed by atoms with Crippen LogP contribution in [-0.4, -0.2) is 39.2 Å². The quantitative estimate of drug-likeness (QED) is 0.553. The molecule has 1 aromatic carbocycles. The van der Waals surface area contributed by atoms with Gasteiger partial charge in [0, 0.05) is 37.8 Å². The molecular formula is C20H27N3O2S. The Morgan fingerprint density at radius 2 is 1.85 bits per heavy atom. The van der Waals surface area contributed by atoms with E-state index in [0.29, 0.717) is 36.0 Å². The first kappa shape index (κ1) is 20.2. The van der Waals surface area contributed by atoms with Crippen LogP contribution in [0.2, 0.25) is 0 Å². The fourth-order valence-electron chi connectivity index (χ4n) is 2.86. The molecule has 0 saturated heterocycles. The fraction of sp³-hybridized carbons (Fsp3) is 0.450. The number of amides is 1. The summed E-state index contributed by atoms with van der Waals surface area (Å²) in [6, 6.07) is 8.07. The van der Waals surface area contributed by atoms with Gasteiger partial charge in [0.05, 0.1) is 5.75 Å². The highest BCUT2D eigenvalue weighted by atomic mass is 32.2. The van der Waals surface area contributed by atoms with Crippen molar-refractivity contribution in [3.05, 3.63) is 57.0 Å². The second-order valence-electron chi connectivity index (χ2n) is 6.28. The van der Waals surface area contributed by atoms with E-state index in [9.17, 15) is 9.59 Å². The normalized spacial score (nSPS) is 10.8. The van der Waals surface area contributed by atoms with E-state index in [1.165, 1.54) is 11.8 Å². The van der Waals surface area contributed by atoms with Gasteiger partial charge in [-0.2, -0.15) is 0 Å². The van der Waals surface area contributed by atoms with E-state index in [-0.39, 0.29) is 11.5 Å². The smallest absolute Gasteiger partial charge is 0.257 e. The summed E-state index contributed by atoms with van der Waals surface area (Å²) in [5.74, 6) is 0.356. The van der Waals surface area contributed by atoms with Crippen LogP contribution in [0.4, 0.5) is 0 Å². The number of benzene rings is 1. The highest BCUT2D eigenvalue weighted by molar-refractivity contribution is 7.99. The lowest BCUT2D eigenvalue weighted by Gasteiger charge is -2.18. The molecule has 0 bridgehead atoms. The van der Waals surface area contributed by atoms with Gasteiger partial charge in [0.15, 0.2) is 5.16 Å². The lowest BCUT2D eigenvalue weighted by molar-refractivity contribution is -0.127. The van der Waals surface area contributed by atoms with Gasteiger partial charge < -0.3 is 4.90 Å². The maximum atomic E-state index is 12.8. The van der Waals surface area contributed by atoms with E-state index in [0.717, 1.165) is 16.8 Å². The molecule has 6 heteroatoms. The van der Waals surface area contributed by atoms with E-state index < -0.39 is 0 Å². The third kappa shape index (κ3) is 4.55. The Morgan fingerprint density at radius 3 is 2.46 bits per heavy atom. The molecule has 0 radical (unpaired) electrons. The SMILES string of the molecule is CCN(CC)C(=O)CSc1nc(C)c(Cc2ccccc2C)c(=O)n1C. The maximum Gasteiger partial charge on any atom is 0.257 e. The van der Waals surface area contributed by atoms with Crippen LogP contribution in [0.25, 0.3) is 0 Å². The maximum absolute atomic E-state index is 12.8. The van der Waals surface area contributed by atoms with Gasteiger partial charge in [-0.15, -0.1) is 0 Å². The van der Waals surface area contributed by atoms with Gasteiger partial charge in [-0.3, -0.25) is 14.2 Å². The van der Waals surface area contributed by atoms with E-state index in [1.54, 1.807) is 16.5 Å². The molecule has 0 N–H and O–H groups in total. The molecule has 0 aliphatic carbocycles. The molecule has 5 nitrogen and oxygen atoms in total. The van der Waals surface area contributed by atoms with E-state index in [2.05, 4.69) is 4.98 Å². The van der Waals surface area contributed by atoms with Gasteiger partial charge in [-0.05, 0) is 38.8 Å². The number of carbonyl (C=O) groups is 1. The first-order chi connectivity index (χ1) is 12.4. The molecule has 1 amide bonds. The topological polar surface area (TPSA) is 55.2 Å². The number of aromatic nitrogens is 2. The van der Waals surface area contributed by atoms with Gasteiger partial charge >= 0.3 is 0 Å². The summed E-state index contributed by atoms with van der Waals surface area (Å²) in [5, 5.41) is 0.585. The molecular weight excluding hydrogens is 346 g/mol. The van der Waals surface area contributed by atoms with Crippen molar-refractivity contribution in [3.8, 4) is 0 Å². The van der Waals surface area contributed by atoms with E-state index >= 15 is 0 Å². The third-order valence-corrected chi connectivity index (χ3v) is 5.63. The third-order valence-electron chi connectivity index (χ3n) is 4.62.